The fraction of sp³-hybridized carbons (Fsp3) is 0.364. The van der Waals surface area contributed by atoms with Gasteiger partial charge in [-0.1, -0.05) is 18.2 Å². The first-order valence-electron chi connectivity index (χ1n) is 5.07. The third kappa shape index (κ3) is 2.25. The van der Waals surface area contributed by atoms with E-state index >= 15 is 0 Å². The maximum absolute atomic E-state index is 11.3. The maximum Gasteiger partial charge on any atom is 0.407 e. The molecule has 2 rings (SSSR count). The topological polar surface area (TPSA) is 67.8 Å². The second kappa shape index (κ2) is 4.85. The largest absolute Gasteiger partial charge is 0.491 e. The van der Waals surface area contributed by atoms with Gasteiger partial charge in [0.25, 0.3) is 0 Å². The molecule has 5 heteroatoms. The smallest absolute Gasteiger partial charge is 0.407 e. The number of benzene rings is 1. The highest BCUT2D eigenvalue weighted by Gasteiger charge is 2.25. The van der Waals surface area contributed by atoms with Crippen LogP contribution in [0.5, 0.6) is 5.75 Å². The molecule has 0 spiro atoms. The van der Waals surface area contributed by atoms with Crippen LogP contribution in [0, 0.1) is 0 Å². The van der Waals surface area contributed by atoms with Crippen molar-refractivity contribution < 1.29 is 19.4 Å². The monoisotopic (exact) mass is 223 g/mol. The van der Waals surface area contributed by atoms with Crippen molar-refractivity contribution in [2.45, 2.75) is 6.04 Å². The molecule has 16 heavy (non-hydrogen) atoms. The van der Waals surface area contributed by atoms with E-state index in [1.54, 1.807) is 0 Å². The fourth-order valence-corrected chi connectivity index (χ4v) is 1.60. The average molecular weight is 223 g/mol. The van der Waals surface area contributed by atoms with Crippen LogP contribution in [0.1, 0.15) is 11.6 Å². The number of aliphatic hydroxyl groups excluding tert-OH is 1. The molecule has 0 radical (unpaired) electrons. The Bertz CT molecular complexity index is 380. The molecule has 1 heterocycles. The zero-order valence-corrected chi connectivity index (χ0v) is 8.68. The predicted octanol–water partition coefficient (Wildman–Crippen LogP) is 0.839. The van der Waals surface area contributed by atoms with E-state index in [2.05, 4.69) is 5.32 Å². The van der Waals surface area contributed by atoms with Crippen molar-refractivity contribution in [3.63, 3.8) is 0 Å². The Balaban J connectivity index is 1.95. The number of para-hydroxylation sites is 1. The van der Waals surface area contributed by atoms with Gasteiger partial charge in [-0.05, 0) is 6.07 Å². The molecular weight excluding hydrogens is 210 g/mol. The summed E-state index contributed by atoms with van der Waals surface area (Å²) in [4.78, 5) is 11.3. The Kier molecular flexibility index (Phi) is 3.26. The Labute approximate surface area is 93.0 Å². The van der Waals surface area contributed by atoms with Crippen LogP contribution < -0.4 is 10.1 Å². The average Bonchev–Trinajstić information content (AvgIpc) is 2.70. The number of nitrogens with one attached hydrogen (secondary N) is 1. The van der Waals surface area contributed by atoms with E-state index in [4.69, 9.17) is 14.6 Å². The van der Waals surface area contributed by atoms with Gasteiger partial charge >= 0.3 is 6.09 Å². The van der Waals surface area contributed by atoms with Crippen molar-refractivity contribution in [1.82, 2.24) is 5.32 Å². The van der Waals surface area contributed by atoms with Gasteiger partial charge in [0.2, 0.25) is 0 Å². The molecule has 0 fully saturated rings. The van der Waals surface area contributed by atoms with Crippen LogP contribution in [-0.2, 0) is 4.74 Å². The number of carbonyl (C=O) groups excluding carboxylic acids is 1. The normalized spacial score (nSPS) is 17.4. The first kappa shape index (κ1) is 10.8. The van der Waals surface area contributed by atoms with Gasteiger partial charge in [-0.15, -0.1) is 0 Å². The van der Waals surface area contributed by atoms with E-state index < -0.39 is 6.09 Å². The third-order valence-corrected chi connectivity index (χ3v) is 2.32. The van der Waals surface area contributed by atoms with Crippen LogP contribution in [0.15, 0.2) is 24.3 Å². The molecular formula is C11H13NO4. The number of carbonyl (C=O) groups is 1. The highest BCUT2D eigenvalue weighted by molar-refractivity contribution is 5.68. The number of amides is 1. The summed E-state index contributed by atoms with van der Waals surface area (Å²) in [6.45, 7) is 0.236. The molecule has 1 unspecified atom stereocenters. The van der Waals surface area contributed by atoms with Gasteiger partial charge in [-0.2, -0.15) is 0 Å². The predicted molar refractivity (Wildman–Crippen MR) is 56.2 cm³/mol. The molecule has 1 aliphatic heterocycles. The molecule has 0 bridgehead atoms. The quantitative estimate of drug-likeness (QED) is 0.796. The summed E-state index contributed by atoms with van der Waals surface area (Å²) >= 11 is 0. The van der Waals surface area contributed by atoms with Crippen molar-refractivity contribution in [3.8, 4) is 5.75 Å². The van der Waals surface area contributed by atoms with E-state index in [0.717, 1.165) is 11.3 Å². The number of ether oxygens (including phenoxy) is 2. The molecule has 1 aromatic carbocycles. The molecule has 1 aromatic rings. The lowest BCUT2D eigenvalue weighted by atomic mass is 10.1. The van der Waals surface area contributed by atoms with Gasteiger partial charge < -0.3 is 19.9 Å². The summed E-state index contributed by atoms with van der Waals surface area (Å²) in [5.41, 5.74) is 0.948. The van der Waals surface area contributed by atoms with Gasteiger partial charge in [0, 0.05) is 5.56 Å². The highest BCUT2D eigenvalue weighted by Crippen LogP contribution is 2.31. The number of alkyl carbamates (subject to hydrolysis) is 1. The zero-order chi connectivity index (χ0) is 11.4. The summed E-state index contributed by atoms with van der Waals surface area (Å²) in [6.07, 6.45) is -0.542. The van der Waals surface area contributed by atoms with Crippen molar-refractivity contribution in [3.05, 3.63) is 29.8 Å². The van der Waals surface area contributed by atoms with E-state index in [0.29, 0.717) is 6.61 Å². The van der Waals surface area contributed by atoms with Crippen LogP contribution in [0.4, 0.5) is 4.79 Å². The van der Waals surface area contributed by atoms with E-state index in [-0.39, 0.29) is 19.3 Å². The van der Waals surface area contributed by atoms with Crippen molar-refractivity contribution in [2.75, 3.05) is 19.8 Å². The minimum atomic E-state index is -0.542. The number of aliphatic hydroxyl groups is 1. The molecule has 86 valence electrons. The summed E-state index contributed by atoms with van der Waals surface area (Å²) < 4.78 is 10.1. The highest BCUT2D eigenvalue weighted by atomic mass is 16.6. The van der Waals surface area contributed by atoms with Gasteiger partial charge in [0.05, 0.1) is 12.6 Å². The van der Waals surface area contributed by atoms with Crippen LogP contribution in [-0.4, -0.2) is 31.0 Å². The number of rotatable bonds is 3. The van der Waals surface area contributed by atoms with Crippen LogP contribution in [0.3, 0.4) is 0 Å². The lowest BCUT2D eigenvalue weighted by molar-refractivity contribution is 0.115. The van der Waals surface area contributed by atoms with Gasteiger partial charge in [-0.25, -0.2) is 4.79 Å². The first-order chi connectivity index (χ1) is 7.81. The van der Waals surface area contributed by atoms with Gasteiger partial charge in [0.15, 0.2) is 0 Å². The van der Waals surface area contributed by atoms with Crippen molar-refractivity contribution in [2.24, 2.45) is 0 Å². The maximum atomic E-state index is 11.3. The lowest BCUT2D eigenvalue weighted by Gasteiger charge is -2.11. The van der Waals surface area contributed by atoms with E-state index in [1.165, 1.54) is 0 Å². The Morgan fingerprint density at radius 2 is 2.38 bits per heavy atom. The summed E-state index contributed by atoms with van der Waals surface area (Å²) in [5.74, 6) is 0.787. The van der Waals surface area contributed by atoms with E-state index in [1.807, 2.05) is 24.3 Å². The summed E-state index contributed by atoms with van der Waals surface area (Å²) in [6, 6.07) is 7.35. The SMILES string of the molecule is O=C(NC1COc2ccccc21)OCCO. The molecule has 1 aliphatic rings. The molecule has 1 amide bonds. The Morgan fingerprint density at radius 3 is 3.19 bits per heavy atom. The molecule has 5 nitrogen and oxygen atoms in total. The second-order valence-electron chi connectivity index (χ2n) is 3.41. The fourth-order valence-electron chi connectivity index (χ4n) is 1.60. The van der Waals surface area contributed by atoms with E-state index in [9.17, 15) is 4.79 Å². The zero-order valence-electron chi connectivity index (χ0n) is 8.68. The lowest BCUT2D eigenvalue weighted by Crippen LogP contribution is -2.30. The Hall–Kier alpha value is -1.75. The van der Waals surface area contributed by atoms with Crippen LogP contribution >= 0.6 is 0 Å². The summed E-state index contributed by atoms with van der Waals surface area (Å²) in [5, 5.41) is 11.2. The number of hydrogen-bond acceptors (Lipinski definition) is 4. The minimum Gasteiger partial charge on any atom is -0.491 e. The molecule has 2 N–H and O–H groups in total. The van der Waals surface area contributed by atoms with Crippen molar-refractivity contribution >= 4 is 6.09 Å². The van der Waals surface area contributed by atoms with Gasteiger partial charge in [-0.3, -0.25) is 0 Å². The van der Waals surface area contributed by atoms with Crippen LogP contribution in [0.25, 0.3) is 0 Å². The molecule has 0 saturated carbocycles. The first-order valence-corrected chi connectivity index (χ1v) is 5.07. The molecule has 0 saturated heterocycles. The van der Waals surface area contributed by atoms with Crippen molar-refractivity contribution in [1.29, 1.82) is 0 Å². The minimum absolute atomic E-state index is 0.00105. The summed E-state index contributed by atoms with van der Waals surface area (Å²) in [7, 11) is 0. The Morgan fingerprint density at radius 1 is 1.56 bits per heavy atom. The second-order valence-corrected chi connectivity index (χ2v) is 3.41. The standard InChI is InChI=1S/C11H13NO4/c13-5-6-15-11(14)12-9-7-16-10-4-2-1-3-8(9)10/h1-4,9,13H,5-7H2,(H,12,14). The number of fused-ring (bicyclic) bond motifs is 1. The molecule has 1 atom stereocenters. The molecule has 0 aliphatic carbocycles. The van der Waals surface area contributed by atoms with Crippen LogP contribution in [0.2, 0.25) is 0 Å². The number of hydrogen-bond donors (Lipinski definition) is 2. The third-order valence-electron chi connectivity index (χ3n) is 2.32. The van der Waals surface area contributed by atoms with Gasteiger partial charge in [0.1, 0.15) is 19.0 Å². The molecule has 0 aromatic heterocycles.